The number of hydrogen-bond donors (Lipinski definition) is 1. The third kappa shape index (κ3) is 4.28. The molecule has 0 spiro atoms. The third-order valence-corrected chi connectivity index (χ3v) is 5.75. The lowest BCUT2D eigenvalue weighted by Crippen LogP contribution is -2.24. The summed E-state index contributed by atoms with van der Waals surface area (Å²) in [7, 11) is -2.86. The lowest BCUT2D eigenvalue weighted by Gasteiger charge is -2.21. The summed E-state index contributed by atoms with van der Waals surface area (Å²) in [5, 5.41) is 4.10. The Balaban J connectivity index is 2.09. The Morgan fingerprint density at radius 1 is 1.05 bits per heavy atom. The second-order valence-corrected chi connectivity index (χ2v) is 7.36. The van der Waals surface area contributed by atoms with Crippen LogP contribution in [0.3, 0.4) is 0 Å². The average molecular weight is 303 g/mol. The van der Waals surface area contributed by atoms with Crippen LogP contribution in [-0.2, 0) is 9.09 Å². The Morgan fingerprint density at radius 2 is 1.62 bits per heavy atom. The maximum Gasteiger partial charge on any atom is 0.245 e. The number of rotatable bonds is 7. The van der Waals surface area contributed by atoms with Gasteiger partial charge in [-0.1, -0.05) is 48.5 Å². The van der Waals surface area contributed by atoms with Crippen LogP contribution < -0.4 is 10.6 Å². The molecule has 2 atom stereocenters. The smallest absolute Gasteiger partial charge is 0.245 e. The highest BCUT2D eigenvalue weighted by molar-refractivity contribution is 7.66. The maximum atomic E-state index is 13.1. The molecule has 0 saturated heterocycles. The molecule has 1 N–H and O–H groups in total. The van der Waals surface area contributed by atoms with E-state index in [0.717, 1.165) is 5.30 Å². The Kier molecular flexibility index (Phi) is 5.75. The van der Waals surface area contributed by atoms with Crippen LogP contribution in [0.4, 0.5) is 0 Å². The molecule has 0 aliphatic heterocycles. The van der Waals surface area contributed by atoms with Crippen LogP contribution in [0.15, 0.2) is 60.7 Å². The summed E-state index contributed by atoms with van der Waals surface area (Å²) in [5.41, 5.74) is 1.17. The number of benzene rings is 2. The summed E-state index contributed by atoms with van der Waals surface area (Å²) in [6, 6.07) is 19.7. The highest BCUT2D eigenvalue weighted by atomic mass is 31.2. The Morgan fingerprint density at radius 3 is 2.19 bits per heavy atom. The number of nitrogens with one attached hydrogen (secondary N) is 1. The van der Waals surface area contributed by atoms with Crippen LogP contribution in [0.25, 0.3) is 0 Å². The highest BCUT2D eigenvalue weighted by Crippen LogP contribution is 2.44. The highest BCUT2D eigenvalue weighted by Gasteiger charge is 2.25. The van der Waals surface area contributed by atoms with E-state index in [4.69, 9.17) is 4.52 Å². The van der Waals surface area contributed by atoms with Gasteiger partial charge in [0.05, 0.1) is 12.9 Å². The lowest BCUT2D eigenvalue weighted by molar-refractivity contribution is 0.336. The van der Waals surface area contributed by atoms with E-state index < -0.39 is 7.37 Å². The van der Waals surface area contributed by atoms with Crippen molar-refractivity contribution in [3.8, 4) is 0 Å². The summed E-state index contributed by atoms with van der Waals surface area (Å²) in [6.07, 6.45) is 0.334. The molecule has 0 amide bonds. The fourth-order valence-corrected chi connectivity index (χ4v) is 4.17. The summed E-state index contributed by atoms with van der Waals surface area (Å²) >= 11 is 0. The summed E-state index contributed by atoms with van der Waals surface area (Å²) in [4.78, 5) is 0. The zero-order valence-corrected chi connectivity index (χ0v) is 13.4. The molecule has 2 rings (SSSR count). The molecule has 0 heterocycles. The standard InChI is InChI=1S/C17H22NO2P/c1-3-20-21(19,17-12-8-5-9-13-17)14-18-15(2)16-10-6-4-7-11-16/h4-13,15,18H,3,14H2,1-2H3/t15-,21?/m0/s1. The van der Waals surface area contributed by atoms with Gasteiger partial charge in [-0.05, 0) is 31.5 Å². The monoisotopic (exact) mass is 303 g/mol. The first kappa shape index (κ1) is 16.0. The lowest BCUT2D eigenvalue weighted by atomic mass is 10.1. The largest absolute Gasteiger partial charge is 0.325 e. The van der Waals surface area contributed by atoms with Gasteiger partial charge < -0.3 is 9.84 Å². The predicted octanol–water partition coefficient (Wildman–Crippen LogP) is 3.93. The summed E-state index contributed by atoms with van der Waals surface area (Å²) < 4.78 is 18.7. The second-order valence-electron chi connectivity index (χ2n) is 4.92. The molecule has 3 nitrogen and oxygen atoms in total. The minimum absolute atomic E-state index is 0.128. The molecule has 4 heteroatoms. The topological polar surface area (TPSA) is 38.3 Å². The molecular formula is C17H22NO2P. The molecule has 0 bridgehead atoms. The van der Waals surface area contributed by atoms with Crippen molar-refractivity contribution in [3.05, 3.63) is 66.2 Å². The molecular weight excluding hydrogens is 281 g/mol. The SMILES string of the molecule is CCOP(=O)(CN[C@@H](C)c1ccccc1)c1ccccc1. The van der Waals surface area contributed by atoms with Crippen molar-refractivity contribution in [1.82, 2.24) is 5.32 Å². The summed E-state index contributed by atoms with van der Waals surface area (Å²) in [5.74, 6) is 0. The van der Waals surface area contributed by atoms with E-state index in [-0.39, 0.29) is 6.04 Å². The third-order valence-electron chi connectivity index (χ3n) is 3.39. The predicted molar refractivity (Wildman–Crippen MR) is 88.2 cm³/mol. The van der Waals surface area contributed by atoms with Gasteiger partial charge in [-0.3, -0.25) is 4.57 Å². The molecule has 0 aromatic heterocycles. The second kappa shape index (κ2) is 7.56. The van der Waals surface area contributed by atoms with E-state index in [1.165, 1.54) is 5.56 Å². The van der Waals surface area contributed by atoms with Crippen molar-refractivity contribution in [2.45, 2.75) is 19.9 Å². The fourth-order valence-electron chi connectivity index (χ4n) is 2.19. The average Bonchev–Trinajstić information content (AvgIpc) is 2.54. The van der Waals surface area contributed by atoms with Gasteiger partial charge in [0.15, 0.2) is 0 Å². The van der Waals surface area contributed by atoms with Gasteiger partial charge in [0.1, 0.15) is 0 Å². The van der Waals surface area contributed by atoms with Gasteiger partial charge in [-0.2, -0.15) is 0 Å². The number of hydrogen-bond acceptors (Lipinski definition) is 3. The van der Waals surface area contributed by atoms with E-state index in [1.807, 2.05) is 55.5 Å². The zero-order valence-electron chi connectivity index (χ0n) is 12.5. The molecule has 0 aliphatic carbocycles. The first-order valence-corrected chi connectivity index (χ1v) is 9.04. The normalized spacial score (nSPS) is 15.3. The molecule has 0 aliphatic rings. The first-order valence-electron chi connectivity index (χ1n) is 7.23. The van der Waals surface area contributed by atoms with Gasteiger partial charge in [0.25, 0.3) is 0 Å². The van der Waals surface area contributed by atoms with Gasteiger partial charge in [-0.25, -0.2) is 0 Å². The molecule has 2 aromatic rings. The first-order chi connectivity index (χ1) is 10.2. The Hall–Kier alpha value is -1.41. The minimum Gasteiger partial charge on any atom is -0.325 e. The van der Waals surface area contributed by atoms with E-state index in [0.29, 0.717) is 12.9 Å². The van der Waals surface area contributed by atoms with Crippen molar-refractivity contribution < 1.29 is 9.09 Å². The molecule has 0 saturated carbocycles. The van der Waals surface area contributed by atoms with E-state index in [2.05, 4.69) is 24.4 Å². The van der Waals surface area contributed by atoms with Gasteiger partial charge in [-0.15, -0.1) is 0 Å². The van der Waals surface area contributed by atoms with Gasteiger partial charge in [0, 0.05) is 11.3 Å². The van der Waals surface area contributed by atoms with Gasteiger partial charge in [0.2, 0.25) is 7.37 Å². The Labute approximate surface area is 126 Å². The van der Waals surface area contributed by atoms with Crippen molar-refractivity contribution in [2.75, 3.05) is 12.9 Å². The van der Waals surface area contributed by atoms with Crippen LogP contribution in [-0.4, -0.2) is 12.9 Å². The molecule has 2 aromatic carbocycles. The van der Waals surface area contributed by atoms with Gasteiger partial charge >= 0.3 is 0 Å². The van der Waals surface area contributed by atoms with Crippen molar-refractivity contribution >= 4 is 12.7 Å². The summed E-state index contributed by atoms with van der Waals surface area (Å²) in [6.45, 7) is 4.38. The van der Waals surface area contributed by atoms with E-state index in [9.17, 15) is 4.57 Å². The quantitative estimate of drug-likeness (QED) is 0.788. The van der Waals surface area contributed by atoms with Crippen molar-refractivity contribution in [1.29, 1.82) is 0 Å². The van der Waals surface area contributed by atoms with Crippen LogP contribution in [0, 0.1) is 0 Å². The van der Waals surface area contributed by atoms with E-state index in [1.54, 1.807) is 0 Å². The Bertz CT molecular complexity index is 586. The van der Waals surface area contributed by atoms with Crippen LogP contribution >= 0.6 is 7.37 Å². The van der Waals surface area contributed by atoms with Crippen molar-refractivity contribution in [3.63, 3.8) is 0 Å². The van der Waals surface area contributed by atoms with Crippen LogP contribution in [0.5, 0.6) is 0 Å². The maximum absolute atomic E-state index is 13.1. The molecule has 1 unspecified atom stereocenters. The molecule has 21 heavy (non-hydrogen) atoms. The fraction of sp³-hybridized carbons (Fsp3) is 0.294. The minimum atomic E-state index is -2.86. The van der Waals surface area contributed by atoms with Crippen LogP contribution in [0.1, 0.15) is 25.5 Å². The van der Waals surface area contributed by atoms with Crippen molar-refractivity contribution in [2.24, 2.45) is 0 Å². The zero-order chi connectivity index (χ0) is 15.1. The molecule has 112 valence electrons. The molecule has 0 fully saturated rings. The van der Waals surface area contributed by atoms with E-state index >= 15 is 0 Å². The molecule has 0 radical (unpaired) electrons. The van der Waals surface area contributed by atoms with Crippen LogP contribution in [0.2, 0.25) is 0 Å².